The van der Waals surface area contributed by atoms with Crippen molar-refractivity contribution in [3.63, 3.8) is 0 Å². The standard InChI is InChI=1S/C32H44FN3O4/c1-32(2,39-3)28-18-26-23(20-40-28)8-6-11-25(26)29(31(37)38)36-17-15-22(19-36)27(33)12-5-4-10-24-14-13-21-9-7-16-34-30(21)35-24/h6,8,11,13-14,22,27-29H,4-5,7,9-10,12,15-20H2,1-3H3,(H,34,35)(H,37,38)/t22-,27+,28+,29+/m1/s1. The van der Waals surface area contributed by atoms with E-state index in [4.69, 9.17) is 14.5 Å². The Bertz CT molecular complexity index is 1190. The molecule has 5 rings (SSSR count). The van der Waals surface area contributed by atoms with Gasteiger partial charge >= 0.3 is 5.97 Å². The molecule has 1 aromatic heterocycles. The van der Waals surface area contributed by atoms with Crippen LogP contribution in [-0.4, -0.2) is 65.6 Å². The molecule has 0 radical (unpaired) electrons. The van der Waals surface area contributed by atoms with Crippen LogP contribution in [0.5, 0.6) is 0 Å². The number of aliphatic carboxylic acids is 1. The molecule has 4 atom stereocenters. The zero-order valence-electron chi connectivity index (χ0n) is 24.1. The highest BCUT2D eigenvalue weighted by atomic mass is 19.1. The van der Waals surface area contributed by atoms with Gasteiger partial charge in [0.1, 0.15) is 18.0 Å². The average molecular weight is 554 g/mol. The Morgan fingerprint density at radius 1 is 1.27 bits per heavy atom. The van der Waals surface area contributed by atoms with Gasteiger partial charge in [0.05, 0.1) is 18.3 Å². The van der Waals surface area contributed by atoms with Gasteiger partial charge in [0.2, 0.25) is 0 Å². The summed E-state index contributed by atoms with van der Waals surface area (Å²) in [6.07, 6.45) is 5.45. The summed E-state index contributed by atoms with van der Waals surface area (Å²) in [6.45, 7) is 6.44. The fraction of sp³-hybridized carbons (Fsp3) is 0.625. The van der Waals surface area contributed by atoms with Crippen LogP contribution in [0.3, 0.4) is 0 Å². The average Bonchev–Trinajstić information content (AvgIpc) is 3.44. The van der Waals surface area contributed by atoms with Crippen molar-refractivity contribution in [2.45, 2.75) is 95.7 Å². The van der Waals surface area contributed by atoms with Crippen LogP contribution in [-0.2, 0) is 40.1 Å². The quantitative estimate of drug-likeness (QED) is 0.355. The lowest BCUT2D eigenvalue weighted by molar-refractivity contribution is -0.143. The van der Waals surface area contributed by atoms with Crippen molar-refractivity contribution in [1.82, 2.24) is 9.88 Å². The van der Waals surface area contributed by atoms with Crippen LogP contribution in [0.1, 0.15) is 79.9 Å². The van der Waals surface area contributed by atoms with Gasteiger partial charge in [-0.2, -0.15) is 0 Å². The fourth-order valence-electron chi connectivity index (χ4n) is 6.53. The molecule has 1 fully saturated rings. The van der Waals surface area contributed by atoms with Crippen LogP contribution in [0.4, 0.5) is 10.2 Å². The number of benzene rings is 1. The number of unbranched alkanes of at least 4 members (excludes halogenated alkanes) is 1. The van der Waals surface area contributed by atoms with Gasteiger partial charge in [0.15, 0.2) is 0 Å². The minimum Gasteiger partial charge on any atom is -0.480 e. The maximum absolute atomic E-state index is 15.4. The molecule has 0 bridgehead atoms. The zero-order chi connectivity index (χ0) is 28.3. The number of fused-ring (bicyclic) bond motifs is 2. The first-order chi connectivity index (χ1) is 19.3. The molecule has 0 amide bonds. The Morgan fingerprint density at radius 2 is 2.12 bits per heavy atom. The minimum absolute atomic E-state index is 0.143. The molecule has 2 aromatic rings. The minimum atomic E-state index is -0.928. The Hall–Kier alpha value is -2.55. The second kappa shape index (κ2) is 12.5. The Balaban J connectivity index is 1.18. The van der Waals surface area contributed by atoms with E-state index in [1.54, 1.807) is 7.11 Å². The number of hydrogen-bond acceptors (Lipinski definition) is 6. The summed E-state index contributed by atoms with van der Waals surface area (Å²) < 4.78 is 27.1. The number of nitrogens with zero attached hydrogens (tertiary/aromatic N) is 2. The van der Waals surface area contributed by atoms with Crippen molar-refractivity contribution in [1.29, 1.82) is 0 Å². The number of methoxy groups -OCH3 is 1. The normalized spacial score (nSPS) is 22.7. The van der Waals surface area contributed by atoms with Crippen LogP contribution in [0.25, 0.3) is 0 Å². The molecular formula is C32H44FN3O4. The molecule has 1 saturated heterocycles. The van der Waals surface area contributed by atoms with E-state index in [0.717, 1.165) is 66.9 Å². The molecule has 0 spiro atoms. The van der Waals surface area contributed by atoms with Crippen LogP contribution in [0.15, 0.2) is 30.3 Å². The number of hydrogen-bond donors (Lipinski definition) is 2. The maximum atomic E-state index is 15.4. The van der Waals surface area contributed by atoms with Crippen LogP contribution < -0.4 is 5.32 Å². The largest absolute Gasteiger partial charge is 0.480 e. The summed E-state index contributed by atoms with van der Waals surface area (Å²) >= 11 is 0. The molecule has 218 valence electrons. The first-order valence-corrected chi connectivity index (χ1v) is 14.9. The first kappa shape index (κ1) is 29.0. The number of likely N-dealkylation sites (tertiary alicyclic amines) is 1. The molecule has 0 saturated carbocycles. The molecule has 2 N–H and O–H groups in total. The number of carbonyl (C=O) groups is 1. The van der Waals surface area contributed by atoms with Crippen molar-refractivity contribution in [2.24, 2.45) is 5.92 Å². The lowest BCUT2D eigenvalue weighted by Gasteiger charge is -2.38. The number of aryl methyl sites for hydroxylation is 2. The predicted octanol–water partition coefficient (Wildman–Crippen LogP) is 5.50. The van der Waals surface area contributed by atoms with E-state index < -0.39 is 23.8 Å². The van der Waals surface area contributed by atoms with Crippen molar-refractivity contribution in [3.8, 4) is 0 Å². The molecule has 0 unspecified atom stereocenters. The van der Waals surface area contributed by atoms with Gasteiger partial charge in [0, 0.05) is 38.2 Å². The molecule has 3 aliphatic rings. The van der Waals surface area contributed by atoms with Gasteiger partial charge in [-0.25, -0.2) is 9.37 Å². The van der Waals surface area contributed by atoms with Crippen LogP contribution in [0.2, 0.25) is 0 Å². The van der Waals surface area contributed by atoms with Crippen molar-refractivity contribution in [3.05, 3.63) is 58.3 Å². The van der Waals surface area contributed by atoms with Crippen molar-refractivity contribution in [2.75, 3.05) is 32.1 Å². The number of carboxylic acid groups (broad SMARTS) is 1. The smallest absolute Gasteiger partial charge is 0.325 e. The third-order valence-corrected chi connectivity index (χ3v) is 9.22. The third-order valence-electron chi connectivity index (χ3n) is 9.22. The topological polar surface area (TPSA) is 83.9 Å². The Morgan fingerprint density at radius 3 is 2.92 bits per heavy atom. The van der Waals surface area contributed by atoms with Gasteiger partial charge in [-0.05, 0) is 87.2 Å². The van der Waals surface area contributed by atoms with E-state index in [-0.39, 0.29) is 12.0 Å². The number of nitrogens with one attached hydrogen (secondary N) is 1. The second-order valence-corrected chi connectivity index (χ2v) is 12.2. The van der Waals surface area contributed by atoms with Gasteiger partial charge < -0.3 is 19.9 Å². The SMILES string of the molecule is COC(C)(C)[C@@H]1Cc2c(cccc2[C@@H](C(=O)O)N2CC[C@@H]([C@@H](F)CCCCc3ccc4c(n3)NCCC4)C2)CO1. The number of pyridine rings is 1. The molecule has 8 heteroatoms. The Kier molecular flexibility index (Phi) is 9.08. The first-order valence-electron chi connectivity index (χ1n) is 14.9. The maximum Gasteiger partial charge on any atom is 0.325 e. The lowest BCUT2D eigenvalue weighted by Crippen LogP contribution is -2.44. The fourth-order valence-corrected chi connectivity index (χ4v) is 6.53. The highest BCUT2D eigenvalue weighted by Gasteiger charge is 2.40. The summed E-state index contributed by atoms with van der Waals surface area (Å²) in [6, 6.07) is 9.32. The van der Waals surface area contributed by atoms with Gasteiger partial charge in [0.25, 0.3) is 0 Å². The molecular weight excluding hydrogens is 509 g/mol. The second-order valence-electron chi connectivity index (χ2n) is 12.2. The number of carboxylic acids is 1. The molecule has 0 aliphatic carbocycles. The summed E-state index contributed by atoms with van der Waals surface area (Å²) in [5.74, 6) is -0.0159. The highest BCUT2D eigenvalue weighted by Crippen LogP contribution is 2.37. The molecule has 3 aliphatic heterocycles. The van der Waals surface area contributed by atoms with E-state index in [2.05, 4.69) is 17.4 Å². The monoisotopic (exact) mass is 553 g/mol. The Labute approximate surface area is 237 Å². The van der Waals surface area contributed by atoms with Gasteiger partial charge in [-0.15, -0.1) is 0 Å². The number of anilines is 1. The van der Waals surface area contributed by atoms with E-state index in [0.29, 0.717) is 39.0 Å². The summed E-state index contributed by atoms with van der Waals surface area (Å²) in [4.78, 5) is 19.3. The zero-order valence-corrected chi connectivity index (χ0v) is 24.1. The molecule has 40 heavy (non-hydrogen) atoms. The van der Waals surface area contributed by atoms with E-state index >= 15 is 4.39 Å². The summed E-state index contributed by atoms with van der Waals surface area (Å²) in [5.41, 5.74) is 4.71. The van der Waals surface area contributed by atoms with Gasteiger partial charge in [-0.1, -0.05) is 30.7 Å². The van der Waals surface area contributed by atoms with Crippen molar-refractivity contribution >= 4 is 11.8 Å². The number of ether oxygens (including phenoxy) is 2. The molecule has 7 nitrogen and oxygen atoms in total. The lowest BCUT2D eigenvalue weighted by atomic mass is 9.85. The van der Waals surface area contributed by atoms with E-state index in [1.807, 2.05) is 36.9 Å². The highest BCUT2D eigenvalue weighted by molar-refractivity contribution is 5.76. The molecule has 1 aromatic carbocycles. The van der Waals surface area contributed by atoms with Crippen molar-refractivity contribution < 1.29 is 23.8 Å². The number of aromatic nitrogens is 1. The van der Waals surface area contributed by atoms with Crippen LogP contribution >= 0.6 is 0 Å². The number of halogens is 1. The van der Waals surface area contributed by atoms with E-state index in [1.165, 1.54) is 5.56 Å². The third kappa shape index (κ3) is 6.34. The van der Waals surface area contributed by atoms with E-state index in [9.17, 15) is 9.90 Å². The van der Waals surface area contributed by atoms with Crippen LogP contribution in [0, 0.1) is 5.92 Å². The number of rotatable bonds is 11. The number of alkyl halides is 1. The van der Waals surface area contributed by atoms with Gasteiger partial charge in [-0.3, -0.25) is 9.69 Å². The summed E-state index contributed by atoms with van der Waals surface area (Å²) in [5, 5.41) is 13.7. The molecule has 4 heterocycles. The summed E-state index contributed by atoms with van der Waals surface area (Å²) in [7, 11) is 1.67. The predicted molar refractivity (Wildman–Crippen MR) is 153 cm³/mol.